The van der Waals surface area contributed by atoms with Crippen molar-refractivity contribution < 1.29 is 4.74 Å². The normalized spacial score (nSPS) is 12.2. The average molecular weight is 276 g/mol. The molecule has 2 aromatic carbocycles. The number of halogens is 1. The van der Waals surface area contributed by atoms with Crippen LogP contribution in [-0.2, 0) is 6.42 Å². The summed E-state index contributed by atoms with van der Waals surface area (Å²) in [6.07, 6.45) is 0.873. The molecule has 0 aliphatic heterocycles. The summed E-state index contributed by atoms with van der Waals surface area (Å²) in [5.74, 6) is 1.46. The molecule has 0 aliphatic rings. The topological polar surface area (TPSA) is 35.2 Å². The SMILES string of the molecule is Cc1cc(Oc2ccccc2Cl)ccc1CC(C)N. The minimum Gasteiger partial charge on any atom is -0.456 e. The highest BCUT2D eigenvalue weighted by Gasteiger charge is 2.06. The van der Waals surface area contributed by atoms with Crippen LogP contribution >= 0.6 is 11.6 Å². The molecule has 0 saturated heterocycles. The maximum absolute atomic E-state index is 6.07. The van der Waals surface area contributed by atoms with Gasteiger partial charge in [-0.15, -0.1) is 0 Å². The van der Waals surface area contributed by atoms with Gasteiger partial charge < -0.3 is 10.5 Å². The van der Waals surface area contributed by atoms with Gasteiger partial charge in [0.05, 0.1) is 5.02 Å². The summed E-state index contributed by atoms with van der Waals surface area (Å²) in [5, 5.41) is 0.611. The Morgan fingerprint density at radius 1 is 1.21 bits per heavy atom. The molecule has 0 saturated carbocycles. The van der Waals surface area contributed by atoms with Crippen LogP contribution in [0.2, 0.25) is 5.02 Å². The van der Waals surface area contributed by atoms with Gasteiger partial charge in [0.25, 0.3) is 0 Å². The van der Waals surface area contributed by atoms with E-state index in [0.29, 0.717) is 10.8 Å². The van der Waals surface area contributed by atoms with E-state index in [1.54, 1.807) is 0 Å². The molecule has 0 radical (unpaired) electrons. The van der Waals surface area contributed by atoms with Crippen molar-refractivity contribution in [3.05, 3.63) is 58.6 Å². The van der Waals surface area contributed by atoms with E-state index in [1.807, 2.05) is 43.3 Å². The summed E-state index contributed by atoms with van der Waals surface area (Å²) in [4.78, 5) is 0. The number of nitrogens with two attached hydrogens (primary N) is 1. The number of rotatable bonds is 4. The summed E-state index contributed by atoms with van der Waals surface area (Å²) < 4.78 is 5.79. The Hall–Kier alpha value is -1.51. The first-order chi connectivity index (χ1) is 9.06. The third-order valence-electron chi connectivity index (χ3n) is 2.92. The van der Waals surface area contributed by atoms with E-state index in [1.165, 1.54) is 11.1 Å². The number of ether oxygens (including phenoxy) is 1. The fourth-order valence-corrected chi connectivity index (χ4v) is 2.14. The molecule has 0 spiro atoms. The van der Waals surface area contributed by atoms with E-state index in [2.05, 4.69) is 13.0 Å². The van der Waals surface area contributed by atoms with Crippen molar-refractivity contribution in [1.82, 2.24) is 0 Å². The van der Waals surface area contributed by atoms with Gasteiger partial charge in [-0.1, -0.05) is 29.8 Å². The molecule has 1 atom stereocenters. The summed E-state index contributed by atoms with van der Waals surface area (Å²) in [7, 11) is 0. The minimum absolute atomic E-state index is 0.161. The summed E-state index contributed by atoms with van der Waals surface area (Å²) >= 11 is 6.07. The molecule has 0 bridgehead atoms. The van der Waals surface area contributed by atoms with E-state index < -0.39 is 0 Å². The van der Waals surface area contributed by atoms with Gasteiger partial charge >= 0.3 is 0 Å². The zero-order valence-electron chi connectivity index (χ0n) is 11.2. The van der Waals surface area contributed by atoms with Crippen LogP contribution in [0.3, 0.4) is 0 Å². The lowest BCUT2D eigenvalue weighted by Crippen LogP contribution is -2.18. The van der Waals surface area contributed by atoms with E-state index in [0.717, 1.165) is 12.2 Å². The molecule has 3 heteroatoms. The molecule has 2 rings (SSSR count). The van der Waals surface area contributed by atoms with Crippen LogP contribution in [0.4, 0.5) is 0 Å². The average Bonchev–Trinajstić information content (AvgIpc) is 2.35. The first-order valence-electron chi connectivity index (χ1n) is 6.34. The third-order valence-corrected chi connectivity index (χ3v) is 3.23. The minimum atomic E-state index is 0.161. The molecule has 0 amide bonds. The van der Waals surface area contributed by atoms with Crippen molar-refractivity contribution in [1.29, 1.82) is 0 Å². The fourth-order valence-electron chi connectivity index (χ4n) is 1.96. The van der Waals surface area contributed by atoms with E-state index in [-0.39, 0.29) is 6.04 Å². The maximum atomic E-state index is 6.07. The molecule has 1 unspecified atom stereocenters. The van der Waals surface area contributed by atoms with Crippen molar-refractivity contribution >= 4 is 11.6 Å². The van der Waals surface area contributed by atoms with Gasteiger partial charge in [-0.2, -0.15) is 0 Å². The second-order valence-corrected chi connectivity index (χ2v) is 5.21. The van der Waals surface area contributed by atoms with Gasteiger partial charge in [-0.05, 0) is 55.7 Å². The van der Waals surface area contributed by atoms with Crippen molar-refractivity contribution in [2.24, 2.45) is 5.73 Å². The fraction of sp³-hybridized carbons (Fsp3) is 0.250. The molecule has 19 heavy (non-hydrogen) atoms. The zero-order chi connectivity index (χ0) is 13.8. The molecule has 0 fully saturated rings. The molecule has 2 aromatic rings. The Morgan fingerprint density at radius 3 is 2.58 bits per heavy atom. The largest absolute Gasteiger partial charge is 0.456 e. The molecule has 2 nitrogen and oxygen atoms in total. The number of hydrogen-bond acceptors (Lipinski definition) is 2. The first kappa shape index (κ1) is 13.9. The highest BCUT2D eigenvalue weighted by molar-refractivity contribution is 6.32. The number of hydrogen-bond donors (Lipinski definition) is 1. The number of benzene rings is 2. The molecular weight excluding hydrogens is 258 g/mol. The lowest BCUT2D eigenvalue weighted by molar-refractivity contribution is 0.482. The van der Waals surface area contributed by atoms with Crippen molar-refractivity contribution in [3.63, 3.8) is 0 Å². The van der Waals surface area contributed by atoms with Crippen LogP contribution in [0.25, 0.3) is 0 Å². The van der Waals surface area contributed by atoms with E-state index >= 15 is 0 Å². The summed E-state index contributed by atoms with van der Waals surface area (Å²) in [6.45, 7) is 4.07. The van der Waals surface area contributed by atoms with Gasteiger partial charge in [0.2, 0.25) is 0 Å². The van der Waals surface area contributed by atoms with Crippen LogP contribution in [0.5, 0.6) is 11.5 Å². The van der Waals surface area contributed by atoms with Crippen molar-refractivity contribution in [2.75, 3.05) is 0 Å². The van der Waals surface area contributed by atoms with Crippen LogP contribution in [0.15, 0.2) is 42.5 Å². The van der Waals surface area contributed by atoms with E-state index in [9.17, 15) is 0 Å². The highest BCUT2D eigenvalue weighted by atomic mass is 35.5. The summed E-state index contributed by atoms with van der Waals surface area (Å²) in [6, 6.07) is 13.6. The van der Waals surface area contributed by atoms with Crippen LogP contribution in [-0.4, -0.2) is 6.04 Å². The Labute approximate surface area is 119 Å². The van der Waals surface area contributed by atoms with E-state index in [4.69, 9.17) is 22.1 Å². The predicted octanol–water partition coefficient (Wildman–Crippen LogP) is 4.33. The molecule has 0 aromatic heterocycles. The van der Waals surface area contributed by atoms with Gasteiger partial charge in [0.15, 0.2) is 0 Å². The molecule has 100 valence electrons. The predicted molar refractivity (Wildman–Crippen MR) is 80.1 cm³/mol. The lowest BCUT2D eigenvalue weighted by atomic mass is 10.0. The lowest BCUT2D eigenvalue weighted by Gasteiger charge is -2.12. The maximum Gasteiger partial charge on any atom is 0.146 e. The Bertz CT molecular complexity index is 566. The second kappa shape index (κ2) is 6.09. The van der Waals surface area contributed by atoms with Gasteiger partial charge in [-0.3, -0.25) is 0 Å². The first-order valence-corrected chi connectivity index (χ1v) is 6.71. The summed E-state index contributed by atoms with van der Waals surface area (Å²) in [5.41, 5.74) is 8.26. The van der Waals surface area contributed by atoms with Gasteiger partial charge in [-0.25, -0.2) is 0 Å². The standard InChI is InChI=1S/C16H18ClNO/c1-11-9-14(8-7-13(11)10-12(2)18)19-16-6-4-3-5-15(16)17/h3-9,12H,10,18H2,1-2H3. The Kier molecular flexibility index (Phi) is 4.46. The number of para-hydroxylation sites is 1. The molecule has 0 aliphatic carbocycles. The van der Waals surface area contributed by atoms with Crippen LogP contribution in [0.1, 0.15) is 18.1 Å². The number of aryl methyl sites for hydroxylation is 1. The third kappa shape index (κ3) is 3.72. The zero-order valence-corrected chi connectivity index (χ0v) is 11.9. The van der Waals surface area contributed by atoms with Gasteiger partial charge in [0.1, 0.15) is 11.5 Å². The van der Waals surface area contributed by atoms with Crippen LogP contribution < -0.4 is 10.5 Å². The second-order valence-electron chi connectivity index (χ2n) is 4.80. The van der Waals surface area contributed by atoms with Gasteiger partial charge in [0, 0.05) is 6.04 Å². The quantitative estimate of drug-likeness (QED) is 0.901. The Balaban J connectivity index is 2.19. The monoisotopic (exact) mass is 275 g/mol. The van der Waals surface area contributed by atoms with Crippen molar-refractivity contribution in [2.45, 2.75) is 26.3 Å². The molecule has 2 N–H and O–H groups in total. The molecular formula is C16H18ClNO. The van der Waals surface area contributed by atoms with Crippen LogP contribution in [0, 0.1) is 6.92 Å². The highest BCUT2D eigenvalue weighted by Crippen LogP contribution is 2.29. The molecule has 0 heterocycles. The van der Waals surface area contributed by atoms with Crippen molar-refractivity contribution in [3.8, 4) is 11.5 Å². The Morgan fingerprint density at radius 2 is 1.95 bits per heavy atom. The smallest absolute Gasteiger partial charge is 0.146 e.